The smallest absolute Gasteiger partial charge is 0.466 e. The molecule has 8 heterocycles. The number of aliphatic hydroxyl groups excluding tert-OH is 6. The van der Waals surface area contributed by atoms with Crippen LogP contribution in [0.25, 0.3) is 22.3 Å². The monoisotopic (exact) mass is 1990 g/mol. The van der Waals surface area contributed by atoms with Crippen LogP contribution in [-0.2, 0) is 77.7 Å². The standard InChI is InChI=1S/C86H97Cl3N10O26.2H3O4P/c1-35(2)22-51(92-7)77(110)98-67-69(105)42-15-20-55(49(88)24-42)120-57-26-44-27-58(73(57)125-84-74(71(107)70(106)59(34-100)122-84)124-62-32-86(6,76(109)37(4)119-62)93-33-38-8-10-39(11-9-38)40-12-17-45(87)18-13-40)121-56-21-16-43(25-50(56)89)72(123-61-31-85(5,91)75(108)36(3)118-61)68-82(115)97-66(83(116)117)48-28-46(101)29-54(103)63(48)47-23-41(14-19-53(47)102)64(79(112)99-68)96-80(113)65(44)95-78(111)52(30-60(90)104)94-81(67)114;2*1-5(2,3)4/h8-21,23-29,35-37,51-52,59,61-62,64-72,74-76,84,92-93,100-103,105-109H,22,30-34,91H2,1-7H3,(H2,90,104)(H,94,114)(H,95,111)(H,96,113)(H,97,115)(H,98,110)(H,99,112)(H,116,117);2*(H3,1,2,3,4)/t36?,37?,51?,52?,59?,61-,62-,64+,65+,66-,67?,68-,69?,70?,71?,72?,74?,75?,76?,84?,85+,86+;;/m1../s1. The summed E-state index contributed by atoms with van der Waals surface area (Å²) in [6.45, 7) is 9.06. The Morgan fingerprint density at radius 2 is 1.16 bits per heavy atom. The first-order valence-electron chi connectivity index (χ1n) is 41.6. The number of phenols is 3. The summed E-state index contributed by atoms with van der Waals surface area (Å²) in [6, 6.07) is 14.5. The molecule has 22 atom stereocenters. The third-order valence-electron chi connectivity index (χ3n) is 22.9. The molecule has 11 bridgehead atoms. The molecule has 0 aliphatic carbocycles. The lowest BCUT2D eigenvalue weighted by Gasteiger charge is -2.48. The number of phosphoric acid groups is 2. The molecule has 0 saturated carbocycles. The lowest BCUT2D eigenvalue weighted by molar-refractivity contribution is -0.334. The molecule has 7 aromatic rings. The van der Waals surface area contributed by atoms with E-state index in [-0.39, 0.29) is 59.2 Å². The Kier molecular flexibility index (Phi) is 33.9. The van der Waals surface area contributed by atoms with E-state index in [2.05, 4.69) is 42.5 Å². The summed E-state index contributed by atoms with van der Waals surface area (Å²) in [5.41, 5.74) is 9.60. The number of aliphatic hydroxyl groups is 6. The minimum Gasteiger partial charge on any atom is -0.508 e. The van der Waals surface area contributed by atoms with Crippen LogP contribution in [0.2, 0.25) is 15.1 Å². The van der Waals surface area contributed by atoms with Gasteiger partial charge >= 0.3 is 21.6 Å². The van der Waals surface area contributed by atoms with Crippen molar-refractivity contribution in [2.24, 2.45) is 17.4 Å². The topological polar surface area (TPSA) is 717 Å². The van der Waals surface area contributed by atoms with E-state index in [1.807, 2.05) is 50.2 Å². The van der Waals surface area contributed by atoms with E-state index >= 15 is 24.0 Å². The quantitative estimate of drug-likeness (QED) is 0.0517. The number of halogens is 3. The number of carbonyl (C=O) groups is 8. The van der Waals surface area contributed by atoms with E-state index in [4.69, 9.17) is 123 Å². The number of amides is 7. The molecule has 44 nitrogen and oxygen atoms in total. The molecule has 3 fully saturated rings. The average molecular weight is 1990 g/mol. The molecule has 3 saturated heterocycles. The first kappa shape index (κ1) is 105. The van der Waals surface area contributed by atoms with Crippen molar-refractivity contribution in [2.45, 2.75) is 207 Å². The van der Waals surface area contributed by atoms with Gasteiger partial charge in [0.15, 0.2) is 36.2 Å². The summed E-state index contributed by atoms with van der Waals surface area (Å²) in [7, 11) is -7.80. The number of likely N-dealkylation sites (N-methyl/N-ethyl adjacent to an activating group) is 1. The lowest BCUT2D eigenvalue weighted by Crippen LogP contribution is -2.65. The number of aliphatic carboxylic acids is 1. The van der Waals surface area contributed by atoms with E-state index in [1.165, 1.54) is 51.2 Å². The zero-order valence-corrected chi connectivity index (χ0v) is 76.7. The number of rotatable bonds is 19. The Balaban J connectivity index is 0.00000166. The van der Waals surface area contributed by atoms with E-state index < -0.39 is 277 Å². The Hall–Kier alpha value is -10.4. The summed E-state index contributed by atoms with van der Waals surface area (Å²) in [4.78, 5) is 164. The predicted molar refractivity (Wildman–Crippen MR) is 474 cm³/mol. The van der Waals surface area contributed by atoms with Crippen LogP contribution in [0, 0.1) is 5.92 Å². The van der Waals surface area contributed by atoms with Crippen LogP contribution in [0.1, 0.15) is 131 Å². The molecule has 14 unspecified atom stereocenters. The normalized spacial score (nSPS) is 28.4. The van der Waals surface area contributed by atoms with Gasteiger partial charge in [-0.2, -0.15) is 0 Å². The molecule has 0 radical (unpaired) electrons. The largest absolute Gasteiger partial charge is 0.508 e. The van der Waals surface area contributed by atoms with Crippen LogP contribution in [0.15, 0.2) is 127 Å². The molecular weight excluding hydrogens is 1890 g/mol. The van der Waals surface area contributed by atoms with Crippen molar-refractivity contribution in [3.63, 3.8) is 0 Å². The zero-order chi connectivity index (χ0) is 99.3. The van der Waals surface area contributed by atoms with Crippen molar-refractivity contribution in [3.8, 4) is 68.2 Å². The van der Waals surface area contributed by atoms with Gasteiger partial charge in [-0.3, -0.25) is 33.6 Å². The van der Waals surface area contributed by atoms with Crippen LogP contribution >= 0.6 is 50.4 Å². The third kappa shape index (κ3) is 26.1. The molecule has 8 aliphatic heterocycles. The number of hydrogen-bond acceptors (Lipinski definition) is 30. The highest BCUT2D eigenvalue weighted by atomic mass is 35.5. The molecule has 8 aliphatic rings. The Morgan fingerprint density at radius 3 is 1.73 bits per heavy atom. The number of phenolic OH excluding ortho intramolecular Hbond substituents is 3. The van der Waals surface area contributed by atoms with Crippen LogP contribution in [0.3, 0.4) is 0 Å². The van der Waals surface area contributed by atoms with Crippen LogP contribution in [0.4, 0.5) is 0 Å². The molecule has 732 valence electrons. The fourth-order valence-corrected chi connectivity index (χ4v) is 16.7. The van der Waals surface area contributed by atoms with Crippen LogP contribution in [-0.4, -0.2) is 244 Å². The van der Waals surface area contributed by atoms with E-state index in [0.29, 0.717) is 5.02 Å². The van der Waals surface area contributed by atoms with Crippen LogP contribution < -0.4 is 68.2 Å². The summed E-state index contributed by atoms with van der Waals surface area (Å²) < 4.78 is 70.7. The second-order valence-corrected chi connectivity index (χ2v) is 37.1. The second kappa shape index (κ2) is 43.5. The van der Waals surface area contributed by atoms with Crippen molar-refractivity contribution in [2.75, 3.05) is 13.7 Å². The minimum absolute atomic E-state index is 0.119. The SMILES string of the molecule is CNC(CC(C)C)C(=O)NC1C(=O)NC(CC(N)=O)C(=O)N[C@@H]2C(=O)N[C@@H]3C(=O)N[C@@H](C(=O)N[C@@H](C(=O)O)c4cc(O)cc(O)c4-c4cc3ccc4O)C(O[C@@H]3C[C@](C)(N)C(O)C(C)O3)c3ccc(c(Cl)c3)Oc3cc2cc(c3OC2OC(CO)C(O)C(O)C2O[C@@H]2C[C@](C)(NCc3ccc(-c4ccc(Cl)cc4)cc3)C(O)C(C)O2)Oc2ccc(cc2Cl)C1O.O=P(O)(O)O.O=P(O)(O)O. The molecule has 0 aromatic heterocycles. The van der Waals surface area contributed by atoms with Crippen molar-refractivity contribution in [1.29, 1.82) is 0 Å². The summed E-state index contributed by atoms with van der Waals surface area (Å²) in [5.74, 6) is -16.1. The maximum absolute atomic E-state index is 16.6. The number of fused-ring (bicyclic) bond motifs is 15. The van der Waals surface area contributed by atoms with Gasteiger partial charge in [0.05, 0.1) is 53.5 Å². The molecule has 0 spiro atoms. The van der Waals surface area contributed by atoms with Gasteiger partial charge in [-0.1, -0.05) is 103 Å². The van der Waals surface area contributed by atoms with Gasteiger partial charge in [0.2, 0.25) is 53.4 Å². The minimum atomic E-state index is -4.64. The Bertz CT molecular complexity index is 5620. The predicted octanol–water partition coefficient (Wildman–Crippen LogP) is 2.64. The number of ether oxygens (including phenoxy) is 8. The van der Waals surface area contributed by atoms with Gasteiger partial charge in [0, 0.05) is 58.2 Å². The average Bonchev–Trinajstić information content (AvgIpc) is 0.759. The third-order valence-corrected chi connectivity index (χ3v) is 23.8. The van der Waals surface area contributed by atoms with Crippen molar-refractivity contribution < 1.29 is 166 Å². The number of nitrogens with one attached hydrogen (secondary N) is 8. The number of primary amides is 1. The molecule has 7 amide bonds. The number of aromatic hydroxyl groups is 3. The van der Waals surface area contributed by atoms with Gasteiger partial charge in [-0.15, -0.1) is 0 Å². The second-order valence-electron chi connectivity index (χ2n) is 33.7. The molecule has 135 heavy (non-hydrogen) atoms. The maximum atomic E-state index is 16.6. The van der Waals surface area contributed by atoms with E-state index in [9.17, 15) is 65.4 Å². The highest BCUT2D eigenvalue weighted by Crippen LogP contribution is 2.51. The summed E-state index contributed by atoms with van der Waals surface area (Å²) in [6.07, 6.45) is -23.0. The van der Waals surface area contributed by atoms with Gasteiger partial charge < -0.3 is 172 Å². The lowest BCUT2D eigenvalue weighted by atomic mass is 9.84. The molecule has 15 rings (SSSR count). The van der Waals surface area contributed by atoms with Gasteiger partial charge in [-0.25, -0.2) is 13.9 Å². The Labute approximate surface area is 784 Å². The number of hydrogen-bond donors (Lipinski definition) is 26. The number of nitrogens with two attached hydrogens (primary N) is 2. The molecular formula is C86H103Cl3N10O34P2. The number of carbonyl (C=O) groups excluding carboxylic acids is 7. The van der Waals surface area contributed by atoms with Crippen molar-refractivity contribution in [1.82, 2.24) is 42.5 Å². The van der Waals surface area contributed by atoms with Crippen LogP contribution in [0.5, 0.6) is 46.0 Å². The van der Waals surface area contributed by atoms with Crippen molar-refractivity contribution >= 4 is 97.8 Å². The number of benzene rings is 7. The highest BCUT2D eigenvalue weighted by Gasteiger charge is 2.53. The summed E-state index contributed by atoms with van der Waals surface area (Å²) in [5, 5.41) is 138. The first-order chi connectivity index (χ1) is 63.2. The van der Waals surface area contributed by atoms with Gasteiger partial charge in [-0.05, 0) is 153 Å². The number of carboxylic acids is 1. The fourth-order valence-electron chi connectivity index (χ4n) is 16.2. The van der Waals surface area contributed by atoms with E-state index in [1.54, 1.807) is 26.0 Å². The summed E-state index contributed by atoms with van der Waals surface area (Å²) >= 11 is 20.8. The highest BCUT2D eigenvalue weighted by molar-refractivity contribution is 7.45. The first-order valence-corrected chi connectivity index (χ1v) is 45.9. The molecule has 7 aromatic carbocycles. The van der Waals surface area contributed by atoms with Crippen molar-refractivity contribution in [3.05, 3.63) is 176 Å². The zero-order valence-electron chi connectivity index (χ0n) is 72.7. The number of carboxylic acid groups (broad SMARTS) is 1. The van der Waals surface area contributed by atoms with Gasteiger partial charge in [0.25, 0.3) is 0 Å². The Morgan fingerprint density at radius 1 is 0.615 bits per heavy atom. The molecule has 28 N–H and O–H groups in total. The molecule has 49 heteroatoms. The fraction of sp³-hybridized carbons (Fsp3) is 0.419. The maximum Gasteiger partial charge on any atom is 0.466 e. The van der Waals surface area contributed by atoms with Gasteiger partial charge in [0.1, 0.15) is 89.5 Å². The van der Waals surface area contributed by atoms with E-state index in [0.717, 1.165) is 65.2 Å².